The first-order chi connectivity index (χ1) is 3.27. The highest BCUT2D eigenvalue weighted by atomic mass is 13.7. The molecule has 0 heteroatoms. The van der Waals surface area contributed by atoms with Gasteiger partial charge in [-0.15, -0.1) is 6.58 Å². The second-order valence-electron chi connectivity index (χ2n) is 1.31. The molecule has 0 spiro atoms. The Morgan fingerprint density at radius 2 is 1.71 bits per heavy atom. The van der Waals surface area contributed by atoms with Crippen LogP contribution in [0.25, 0.3) is 0 Å². The highest BCUT2D eigenvalue weighted by Crippen LogP contribution is 1.88. The summed E-state index contributed by atoms with van der Waals surface area (Å²) >= 11 is 0. The van der Waals surface area contributed by atoms with Gasteiger partial charge in [0.05, 0.1) is 0 Å². The highest BCUT2D eigenvalue weighted by molar-refractivity contribution is 4.84. The van der Waals surface area contributed by atoms with Crippen molar-refractivity contribution in [1.82, 2.24) is 0 Å². The largest absolute Gasteiger partial charge is 0.100 e. The molecule has 0 aromatic carbocycles. The van der Waals surface area contributed by atoms with Crippen molar-refractivity contribution in [2.45, 2.75) is 34.1 Å². The summed E-state index contributed by atoms with van der Waals surface area (Å²) in [5.41, 5.74) is 1.25. The Hall–Kier alpha value is -0.260. The molecule has 0 aliphatic carbocycles. The van der Waals surface area contributed by atoms with Crippen molar-refractivity contribution in [3.05, 3.63) is 12.2 Å². The van der Waals surface area contributed by atoms with Gasteiger partial charge in [0.25, 0.3) is 0 Å². The van der Waals surface area contributed by atoms with Gasteiger partial charge in [0, 0.05) is 1.43 Å². The summed E-state index contributed by atoms with van der Waals surface area (Å²) in [6.07, 6.45) is 1.11. The topological polar surface area (TPSA) is 0 Å². The SMILES string of the molecule is C=C(C)CC.CC.[2HH]. The Morgan fingerprint density at radius 3 is 1.71 bits per heavy atom. The molecule has 0 saturated carbocycles. The van der Waals surface area contributed by atoms with Crippen molar-refractivity contribution in [1.29, 1.82) is 0 Å². The molecule has 0 unspecified atom stereocenters. The van der Waals surface area contributed by atoms with Gasteiger partial charge in [-0.05, 0) is 13.3 Å². The van der Waals surface area contributed by atoms with Crippen LogP contribution in [-0.4, -0.2) is 0 Å². The molecule has 0 saturated heterocycles. The third kappa shape index (κ3) is 26.5. The van der Waals surface area contributed by atoms with Crippen molar-refractivity contribution in [2.75, 3.05) is 0 Å². The fourth-order valence-corrected chi connectivity index (χ4v) is 0. The lowest BCUT2D eigenvalue weighted by atomic mass is 10.3. The number of hydrogen-bond acceptors (Lipinski definition) is 0. The predicted molar refractivity (Wildman–Crippen MR) is 38.6 cm³/mol. The lowest BCUT2D eigenvalue weighted by molar-refractivity contribution is 1.11. The van der Waals surface area contributed by atoms with Gasteiger partial charge in [-0.25, -0.2) is 0 Å². The first kappa shape index (κ1) is 9.88. The summed E-state index contributed by atoms with van der Waals surface area (Å²) in [6.45, 7) is 11.8. The van der Waals surface area contributed by atoms with Gasteiger partial charge in [0.2, 0.25) is 0 Å². The third-order valence-corrected chi connectivity index (χ3v) is 0.604. The van der Waals surface area contributed by atoms with Crippen molar-refractivity contribution in [3.63, 3.8) is 0 Å². The minimum Gasteiger partial charge on any atom is -0.100 e. The summed E-state index contributed by atoms with van der Waals surface area (Å²) in [6, 6.07) is 0. The van der Waals surface area contributed by atoms with E-state index < -0.39 is 0 Å². The zero-order valence-electron chi connectivity index (χ0n) is 5.91. The van der Waals surface area contributed by atoms with Crippen molar-refractivity contribution in [3.8, 4) is 0 Å². The predicted octanol–water partition coefficient (Wildman–Crippen LogP) is 3.24. The molecule has 0 heterocycles. The minimum atomic E-state index is 0. The molecule has 0 aliphatic heterocycles. The van der Waals surface area contributed by atoms with E-state index in [0.717, 1.165) is 6.42 Å². The van der Waals surface area contributed by atoms with Gasteiger partial charge in [0.15, 0.2) is 0 Å². The first-order valence-electron chi connectivity index (χ1n) is 2.91. The molecule has 0 amide bonds. The van der Waals surface area contributed by atoms with Gasteiger partial charge in [0.1, 0.15) is 0 Å². The third-order valence-electron chi connectivity index (χ3n) is 0.604. The Morgan fingerprint density at radius 1 is 1.57 bits per heavy atom. The van der Waals surface area contributed by atoms with Crippen LogP contribution in [0.15, 0.2) is 12.2 Å². The first-order valence-corrected chi connectivity index (χ1v) is 2.91. The van der Waals surface area contributed by atoms with Crippen LogP contribution in [0.5, 0.6) is 0 Å². The van der Waals surface area contributed by atoms with Crippen LogP contribution in [0.2, 0.25) is 0 Å². The highest BCUT2D eigenvalue weighted by Gasteiger charge is 1.67. The molecule has 46 valence electrons. The molecule has 0 fully saturated rings. The Bertz CT molecular complexity index is 39.7. The van der Waals surface area contributed by atoms with E-state index in [1.165, 1.54) is 5.57 Å². The van der Waals surface area contributed by atoms with E-state index in [2.05, 4.69) is 13.5 Å². The maximum atomic E-state index is 3.67. The fourth-order valence-electron chi connectivity index (χ4n) is 0. The molecule has 0 atom stereocenters. The van der Waals surface area contributed by atoms with Crippen LogP contribution in [0.4, 0.5) is 0 Å². The average Bonchev–Trinajstić information content (AvgIpc) is 1.73. The summed E-state index contributed by atoms with van der Waals surface area (Å²) in [7, 11) is 0. The van der Waals surface area contributed by atoms with E-state index in [-0.39, 0.29) is 1.43 Å². The van der Waals surface area contributed by atoms with E-state index in [1.807, 2.05) is 20.8 Å². The fraction of sp³-hybridized carbons (Fsp3) is 0.714. The number of allylic oxidation sites excluding steroid dienone is 1. The molecule has 0 aromatic rings. The van der Waals surface area contributed by atoms with Crippen LogP contribution < -0.4 is 0 Å². The van der Waals surface area contributed by atoms with E-state index in [4.69, 9.17) is 0 Å². The lowest BCUT2D eigenvalue weighted by Gasteiger charge is -1.79. The Kier molecular flexibility index (Phi) is 13.0. The standard InChI is InChI=1S/C5H10.C2H6.H2/c1-4-5(2)3;1-2;/h2,4H2,1,3H3;1-2H3;1H/i;;1+1. The van der Waals surface area contributed by atoms with Gasteiger partial charge in [-0.3, -0.25) is 0 Å². The van der Waals surface area contributed by atoms with E-state index in [1.54, 1.807) is 0 Å². The van der Waals surface area contributed by atoms with Crippen LogP contribution in [0, 0.1) is 0 Å². The quantitative estimate of drug-likeness (QED) is 0.447. The molecule has 0 aromatic heterocycles. The van der Waals surface area contributed by atoms with E-state index in [9.17, 15) is 0 Å². The second-order valence-corrected chi connectivity index (χ2v) is 1.31. The molecule has 0 rings (SSSR count). The molecule has 0 nitrogen and oxygen atoms in total. The van der Waals surface area contributed by atoms with Gasteiger partial charge in [-0.1, -0.05) is 26.3 Å². The summed E-state index contributed by atoms with van der Waals surface area (Å²) < 4.78 is 0. The number of rotatable bonds is 1. The van der Waals surface area contributed by atoms with Crippen LogP contribution in [0.1, 0.15) is 35.5 Å². The van der Waals surface area contributed by atoms with E-state index >= 15 is 0 Å². The van der Waals surface area contributed by atoms with Crippen LogP contribution >= 0.6 is 0 Å². The summed E-state index contributed by atoms with van der Waals surface area (Å²) in [5, 5.41) is 0. The number of hydrogen-bond donors (Lipinski definition) is 0. The molecule has 0 N–H and O–H groups in total. The molecular weight excluding hydrogens is 84.1 g/mol. The normalized spacial score (nSPS) is 6.29. The maximum Gasteiger partial charge on any atom is 0 e. The van der Waals surface area contributed by atoms with Gasteiger partial charge < -0.3 is 0 Å². The van der Waals surface area contributed by atoms with E-state index in [0.29, 0.717) is 0 Å². The molecule has 0 bridgehead atoms. The summed E-state index contributed by atoms with van der Waals surface area (Å²) in [5.74, 6) is 0. The smallest absolute Gasteiger partial charge is 0 e. The van der Waals surface area contributed by atoms with Crippen LogP contribution in [0.3, 0.4) is 0 Å². The molecule has 0 radical (unpaired) electrons. The minimum absolute atomic E-state index is 0. The monoisotopic (exact) mass is 103 g/mol. The summed E-state index contributed by atoms with van der Waals surface area (Å²) in [4.78, 5) is 0. The molecular formula is C7H18. The molecule has 0 aliphatic rings. The average molecular weight is 103 g/mol. The molecule has 7 heavy (non-hydrogen) atoms. The van der Waals surface area contributed by atoms with Crippen LogP contribution in [-0.2, 0) is 0 Å². The van der Waals surface area contributed by atoms with Gasteiger partial charge in [-0.2, -0.15) is 0 Å². The van der Waals surface area contributed by atoms with Crippen molar-refractivity contribution >= 4 is 0 Å². The Balaban J connectivity index is -0.0000000750. The van der Waals surface area contributed by atoms with Crippen molar-refractivity contribution < 1.29 is 1.43 Å². The van der Waals surface area contributed by atoms with Crippen molar-refractivity contribution in [2.24, 2.45) is 0 Å². The van der Waals surface area contributed by atoms with Gasteiger partial charge >= 0.3 is 0 Å². The zero-order chi connectivity index (χ0) is 6.28. The maximum absolute atomic E-state index is 3.67. The Labute approximate surface area is 48.7 Å². The lowest BCUT2D eigenvalue weighted by Crippen LogP contribution is -1.58. The second kappa shape index (κ2) is 9.22. The zero-order valence-corrected chi connectivity index (χ0v) is 5.91.